The quantitative estimate of drug-likeness (QED) is 0.744. The Hall–Kier alpha value is -2.16. The summed E-state index contributed by atoms with van der Waals surface area (Å²) in [4.78, 5) is 11.1. The van der Waals surface area contributed by atoms with Crippen molar-refractivity contribution in [3.63, 3.8) is 0 Å². The van der Waals surface area contributed by atoms with Crippen molar-refractivity contribution in [2.75, 3.05) is 0 Å². The van der Waals surface area contributed by atoms with Crippen LogP contribution in [0.3, 0.4) is 0 Å². The number of phenols is 1. The Balaban J connectivity index is 1.61. The van der Waals surface area contributed by atoms with Gasteiger partial charge in [-0.2, -0.15) is 0 Å². The molecule has 0 atom stereocenters. The summed E-state index contributed by atoms with van der Waals surface area (Å²) in [6.07, 6.45) is 8.21. The van der Waals surface area contributed by atoms with E-state index in [0.717, 1.165) is 54.4 Å². The van der Waals surface area contributed by atoms with E-state index in [1.165, 1.54) is 31.4 Å². The Labute approximate surface area is 153 Å². The number of benzene rings is 2. The zero-order valence-electron chi connectivity index (χ0n) is 14.7. The van der Waals surface area contributed by atoms with E-state index in [1.54, 1.807) is 18.2 Å². The molecule has 0 saturated heterocycles. The van der Waals surface area contributed by atoms with Crippen LogP contribution in [0, 0.1) is 23.6 Å². The largest absolute Gasteiger partial charge is 0.508 e. The summed E-state index contributed by atoms with van der Waals surface area (Å²) in [5.74, 6) is 2.33. The van der Waals surface area contributed by atoms with E-state index in [4.69, 9.17) is 0 Å². The van der Waals surface area contributed by atoms with Crippen LogP contribution in [0.2, 0.25) is 0 Å². The van der Waals surface area contributed by atoms with Gasteiger partial charge in [0.15, 0.2) is 0 Å². The topological polar surface area (TPSA) is 37.3 Å². The molecule has 6 rings (SSSR count). The van der Waals surface area contributed by atoms with E-state index in [9.17, 15) is 14.3 Å². The van der Waals surface area contributed by atoms with Crippen LogP contribution >= 0.6 is 0 Å². The van der Waals surface area contributed by atoms with Crippen molar-refractivity contribution in [2.45, 2.75) is 43.9 Å². The molecule has 4 saturated carbocycles. The molecule has 26 heavy (non-hydrogen) atoms. The second kappa shape index (κ2) is 5.67. The van der Waals surface area contributed by atoms with Crippen molar-refractivity contribution in [1.82, 2.24) is 0 Å². The SMILES string of the molecule is O=Cc1ccc(F)c(-c2ccc(O)c(C34CC5CC(CC(C5)C3)C4)c2)c1. The van der Waals surface area contributed by atoms with E-state index in [0.29, 0.717) is 16.9 Å². The average molecular weight is 350 g/mol. The summed E-state index contributed by atoms with van der Waals surface area (Å²) in [6, 6.07) is 9.87. The number of carbonyl (C=O) groups excluding carboxylic acids is 1. The lowest BCUT2D eigenvalue weighted by atomic mass is 9.48. The summed E-state index contributed by atoms with van der Waals surface area (Å²) < 4.78 is 14.4. The Kier molecular flexibility index (Phi) is 3.50. The highest BCUT2D eigenvalue weighted by molar-refractivity contribution is 5.79. The lowest BCUT2D eigenvalue weighted by molar-refractivity contribution is -0.00611. The van der Waals surface area contributed by atoms with Crippen LogP contribution < -0.4 is 0 Å². The first kappa shape index (κ1) is 16.0. The summed E-state index contributed by atoms with van der Waals surface area (Å²) in [5, 5.41) is 10.7. The molecule has 0 radical (unpaired) electrons. The maximum Gasteiger partial charge on any atom is 0.150 e. The Morgan fingerprint density at radius 2 is 1.62 bits per heavy atom. The molecule has 0 aromatic heterocycles. The summed E-state index contributed by atoms with van der Waals surface area (Å²) >= 11 is 0. The molecule has 2 nitrogen and oxygen atoms in total. The third-order valence-corrected chi connectivity index (χ3v) is 7.04. The Bertz CT molecular complexity index is 850. The van der Waals surface area contributed by atoms with Crippen LogP contribution in [-0.4, -0.2) is 11.4 Å². The van der Waals surface area contributed by atoms with Crippen LogP contribution in [0.4, 0.5) is 4.39 Å². The third-order valence-electron chi connectivity index (χ3n) is 7.04. The predicted molar refractivity (Wildman–Crippen MR) is 98.7 cm³/mol. The van der Waals surface area contributed by atoms with Crippen LogP contribution in [0.1, 0.15) is 54.4 Å². The zero-order valence-corrected chi connectivity index (χ0v) is 14.7. The molecule has 4 fully saturated rings. The van der Waals surface area contributed by atoms with E-state index < -0.39 is 0 Å². The fourth-order valence-corrected chi connectivity index (χ4v) is 6.41. The molecule has 1 N–H and O–H groups in total. The predicted octanol–water partition coefficient (Wildman–Crippen LogP) is 5.48. The molecule has 4 bridgehead atoms. The van der Waals surface area contributed by atoms with Gasteiger partial charge in [0.05, 0.1) is 0 Å². The fraction of sp³-hybridized carbons (Fsp3) is 0.435. The summed E-state index contributed by atoms with van der Waals surface area (Å²) in [7, 11) is 0. The fourth-order valence-electron chi connectivity index (χ4n) is 6.41. The van der Waals surface area contributed by atoms with Crippen molar-refractivity contribution < 1.29 is 14.3 Å². The second-order valence-electron chi connectivity index (χ2n) is 8.79. The number of rotatable bonds is 3. The molecule has 4 aliphatic rings. The first-order valence-electron chi connectivity index (χ1n) is 9.65. The molecule has 0 aliphatic heterocycles. The van der Waals surface area contributed by atoms with Gasteiger partial charge in [0.25, 0.3) is 0 Å². The molecule has 4 aliphatic carbocycles. The molecular formula is C23H23FO2. The van der Waals surface area contributed by atoms with Crippen LogP contribution in [0.5, 0.6) is 5.75 Å². The normalized spacial score (nSPS) is 32.0. The van der Waals surface area contributed by atoms with Gasteiger partial charge in [-0.15, -0.1) is 0 Å². The molecule has 134 valence electrons. The van der Waals surface area contributed by atoms with Gasteiger partial charge in [-0.3, -0.25) is 4.79 Å². The van der Waals surface area contributed by atoms with Gasteiger partial charge in [0.2, 0.25) is 0 Å². The van der Waals surface area contributed by atoms with Gasteiger partial charge in [-0.05, 0) is 97.6 Å². The zero-order chi connectivity index (χ0) is 17.9. The van der Waals surface area contributed by atoms with E-state index in [2.05, 4.69) is 0 Å². The number of carbonyl (C=O) groups is 1. The van der Waals surface area contributed by atoms with Crippen molar-refractivity contribution >= 4 is 6.29 Å². The maximum absolute atomic E-state index is 14.4. The van der Waals surface area contributed by atoms with E-state index in [-0.39, 0.29) is 11.2 Å². The van der Waals surface area contributed by atoms with Crippen LogP contribution in [-0.2, 0) is 5.41 Å². The standard InChI is InChI=1S/C23H23FO2/c24-21-3-1-14(13-25)8-19(21)18-2-4-22(26)20(9-18)23-10-15-5-16(11-23)7-17(6-15)12-23/h1-4,8-9,13,15-17,26H,5-7,10-12H2. The maximum atomic E-state index is 14.4. The Morgan fingerprint density at radius 3 is 2.23 bits per heavy atom. The minimum absolute atomic E-state index is 0.0492. The lowest BCUT2D eigenvalue weighted by Crippen LogP contribution is -2.48. The van der Waals surface area contributed by atoms with E-state index >= 15 is 0 Å². The molecule has 0 spiro atoms. The van der Waals surface area contributed by atoms with Gasteiger partial charge >= 0.3 is 0 Å². The Morgan fingerprint density at radius 1 is 0.962 bits per heavy atom. The van der Waals surface area contributed by atoms with Crippen molar-refractivity contribution in [2.24, 2.45) is 17.8 Å². The molecule has 0 amide bonds. The number of halogens is 1. The average Bonchev–Trinajstić information content (AvgIpc) is 2.61. The highest BCUT2D eigenvalue weighted by Crippen LogP contribution is 2.62. The van der Waals surface area contributed by atoms with Crippen molar-refractivity contribution in [1.29, 1.82) is 0 Å². The number of aldehydes is 1. The number of hydrogen-bond acceptors (Lipinski definition) is 2. The first-order valence-corrected chi connectivity index (χ1v) is 9.65. The number of hydrogen-bond donors (Lipinski definition) is 1. The number of phenolic OH excluding ortho intramolecular Hbond substituents is 1. The van der Waals surface area contributed by atoms with Gasteiger partial charge in [-0.25, -0.2) is 4.39 Å². The van der Waals surface area contributed by atoms with Crippen molar-refractivity contribution in [3.8, 4) is 16.9 Å². The minimum atomic E-state index is -0.335. The lowest BCUT2D eigenvalue weighted by Gasteiger charge is -2.57. The first-order chi connectivity index (χ1) is 12.6. The van der Waals surface area contributed by atoms with Crippen LogP contribution in [0.25, 0.3) is 11.1 Å². The molecule has 2 aromatic rings. The van der Waals surface area contributed by atoms with Gasteiger partial charge < -0.3 is 5.11 Å². The molecule has 0 unspecified atom stereocenters. The van der Waals surface area contributed by atoms with E-state index in [1.807, 2.05) is 6.07 Å². The van der Waals surface area contributed by atoms with Gasteiger partial charge in [0, 0.05) is 16.7 Å². The molecule has 0 heterocycles. The number of aromatic hydroxyl groups is 1. The second-order valence-corrected chi connectivity index (χ2v) is 8.79. The molecule has 2 aromatic carbocycles. The smallest absolute Gasteiger partial charge is 0.150 e. The highest BCUT2D eigenvalue weighted by Gasteiger charge is 2.52. The molecule has 3 heteroatoms. The summed E-state index contributed by atoms with van der Waals surface area (Å²) in [5.41, 5.74) is 2.68. The van der Waals surface area contributed by atoms with Crippen LogP contribution in [0.15, 0.2) is 36.4 Å². The minimum Gasteiger partial charge on any atom is -0.508 e. The van der Waals surface area contributed by atoms with Gasteiger partial charge in [-0.1, -0.05) is 6.07 Å². The highest BCUT2D eigenvalue weighted by atomic mass is 19.1. The third kappa shape index (κ3) is 2.40. The summed E-state index contributed by atoms with van der Waals surface area (Å²) in [6.45, 7) is 0. The van der Waals surface area contributed by atoms with Gasteiger partial charge in [0.1, 0.15) is 17.9 Å². The van der Waals surface area contributed by atoms with Crippen molar-refractivity contribution in [3.05, 3.63) is 53.3 Å². The molecular weight excluding hydrogens is 327 g/mol. The monoisotopic (exact) mass is 350 g/mol.